The summed E-state index contributed by atoms with van der Waals surface area (Å²) in [5.74, 6) is -0.0858. The predicted octanol–water partition coefficient (Wildman–Crippen LogP) is 3.05. The van der Waals surface area contributed by atoms with Crippen LogP contribution in [0.25, 0.3) is 0 Å². The number of anilines is 1. The Balaban J connectivity index is 1.73. The lowest BCUT2D eigenvalue weighted by molar-refractivity contribution is 0.101. The van der Waals surface area contributed by atoms with Crippen LogP contribution < -0.4 is 4.90 Å². The molecule has 0 aliphatic carbocycles. The van der Waals surface area contributed by atoms with Gasteiger partial charge in [0.15, 0.2) is 5.78 Å². The molecule has 1 saturated heterocycles. The minimum atomic E-state index is -3.56. The maximum absolute atomic E-state index is 12.8. The monoisotopic (exact) mass is 378 g/mol. The Morgan fingerprint density at radius 3 is 2.12 bits per heavy atom. The van der Waals surface area contributed by atoms with Crippen molar-refractivity contribution < 1.29 is 13.2 Å². The van der Waals surface area contributed by atoms with E-state index in [1.165, 1.54) is 23.4 Å². The molecule has 0 N–H and O–H groups in total. The van der Waals surface area contributed by atoms with Crippen molar-refractivity contribution in [1.29, 1.82) is 0 Å². The largest absolute Gasteiger partial charge is 0.368 e. The second-order valence-corrected chi connectivity index (χ2v) is 8.27. The summed E-state index contributed by atoms with van der Waals surface area (Å²) in [5, 5.41) is 0.665. The van der Waals surface area contributed by atoms with Crippen LogP contribution in [-0.4, -0.2) is 44.7 Å². The van der Waals surface area contributed by atoms with Crippen molar-refractivity contribution in [2.45, 2.75) is 11.8 Å². The first-order valence-electron chi connectivity index (χ1n) is 8.00. The van der Waals surface area contributed by atoms with E-state index in [0.29, 0.717) is 36.8 Å². The lowest BCUT2D eigenvalue weighted by atomic mass is 10.2. The van der Waals surface area contributed by atoms with Crippen LogP contribution in [0.3, 0.4) is 0 Å². The highest BCUT2D eigenvalue weighted by Gasteiger charge is 2.29. The molecular weight excluding hydrogens is 360 g/mol. The topological polar surface area (TPSA) is 57.7 Å². The molecule has 0 atom stereocenters. The number of hydrogen-bond donors (Lipinski definition) is 0. The molecule has 0 unspecified atom stereocenters. The first kappa shape index (κ1) is 17.9. The second kappa shape index (κ2) is 7.15. The molecule has 1 aliphatic heterocycles. The van der Waals surface area contributed by atoms with Crippen molar-refractivity contribution in [3.05, 3.63) is 59.1 Å². The molecule has 0 spiro atoms. The van der Waals surface area contributed by atoms with E-state index in [1.807, 2.05) is 24.3 Å². The third-order valence-electron chi connectivity index (χ3n) is 4.33. The zero-order valence-corrected chi connectivity index (χ0v) is 15.4. The fourth-order valence-corrected chi connectivity index (χ4v) is 4.57. The number of halogens is 1. The predicted molar refractivity (Wildman–Crippen MR) is 98.9 cm³/mol. The standard InChI is InChI=1S/C18H19ClN2O3S/c1-14(22)15-6-8-16(9-7-15)25(23,24)21-12-10-20(11-13-21)18-5-3-2-4-17(18)19/h2-9H,10-13H2,1H3. The van der Waals surface area contributed by atoms with Crippen LogP contribution in [0.1, 0.15) is 17.3 Å². The van der Waals surface area contributed by atoms with E-state index in [4.69, 9.17) is 11.6 Å². The van der Waals surface area contributed by atoms with Gasteiger partial charge >= 0.3 is 0 Å². The molecule has 2 aromatic rings. The van der Waals surface area contributed by atoms with E-state index in [9.17, 15) is 13.2 Å². The zero-order chi connectivity index (χ0) is 18.0. The Labute approximate surface area is 152 Å². The average molecular weight is 379 g/mol. The normalized spacial score (nSPS) is 16.0. The van der Waals surface area contributed by atoms with Crippen molar-refractivity contribution in [2.75, 3.05) is 31.1 Å². The first-order valence-corrected chi connectivity index (χ1v) is 9.82. The van der Waals surface area contributed by atoms with E-state index < -0.39 is 10.0 Å². The lowest BCUT2D eigenvalue weighted by Gasteiger charge is -2.35. The summed E-state index contributed by atoms with van der Waals surface area (Å²) in [7, 11) is -3.56. The number of Topliss-reactive ketones (excluding diaryl/α,β-unsaturated/α-hetero) is 1. The Morgan fingerprint density at radius 1 is 0.960 bits per heavy atom. The highest BCUT2D eigenvalue weighted by Crippen LogP contribution is 2.27. The molecule has 1 heterocycles. The third kappa shape index (κ3) is 3.71. The maximum atomic E-state index is 12.8. The van der Waals surface area contributed by atoms with Gasteiger partial charge in [0.2, 0.25) is 10.0 Å². The minimum Gasteiger partial charge on any atom is -0.368 e. The van der Waals surface area contributed by atoms with Gasteiger partial charge in [0.25, 0.3) is 0 Å². The number of carbonyl (C=O) groups is 1. The zero-order valence-electron chi connectivity index (χ0n) is 13.9. The van der Waals surface area contributed by atoms with Gasteiger partial charge in [-0.2, -0.15) is 4.31 Å². The minimum absolute atomic E-state index is 0.0858. The Hall–Kier alpha value is -1.89. The van der Waals surface area contributed by atoms with Gasteiger partial charge in [-0.15, -0.1) is 0 Å². The number of ketones is 1. The third-order valence-corrected chi connectivity index (χ3v) is 6.56. The average Bonchev–Trinajstić information content (AvgIpc) is 2.62. The molecular formula is C18H19ClN2O3S. The van der Waals surface area contributed by atoms with Crippen LogP contribution in [0.4, 0.5) is 5.69 Å². The van der Waals surface area contributed by atoms with Crippen molar-refractivity contribution >= 4 is 33.1 Å². The summed E-state index contributed by atoms with van der Waals surface area (Å²) >= 11 is 6.22. The van der Waals surface area contributed by atoms with Crippen LogP contribution >= 0.6 is 11.6 Å². The van der Waals surface area contributed by atoms with E-state index in [2.05, 4.69) is 4.90 Å². The van der Waals surface area contributed by atoms with Gasteiger partial charge in [0.1, 0.15) is 0 Å². The summed E-state index contributed by atoms with van der Waals surface area (Å²) in [6.07, 6.45) is 0. The van der Waals surface area contributed by atoms with Gasteiger partial charge in [-0.25, -0.2) is 8.42 Å². The maximum Gasteiger partial charge on any atom is 0.243 e. The number of benzene rings is 2. The Kier molecular flexibility index (Phi) is 5.13. The molecule has 0 amide bonds. The van der Waals surface area contributed by atoms with E-state index in [-0.39, 0.29) is 10.7 Å². The highest BCUT2D eigenvalue weighted by atomic mass is 35.5. The Morgan fingerprint density at radius 2 is 1.56 bits per heavy atom. The molecule has 132 valence electrons. The smallest absolute Gasteiger partial charge is 0.243 e. The number of hydrogen-bond acceptors (Lipinski definition) is 4. The molecule has 1 fully saturated rings. The number of nitrogens with zero attached hydrogens (tertiary/aromatic N) is 2. The van der Waals surface area contributed by atoms with Gasteiger partial charge in [-0.3, -0.25) is 4.79 Å². The van der Waals surface area contributed by atoms with Gasteiger partial charge < -0.3 is 4.90 Å². The second-order valence-electron chi connectivity index (χ2n) is 5.92. The quantitative estimate of drug-likeness (QED) is 0.767. The molecule has 0 radical (unpaired) electrons. The van der Waals surface area contributed by atoms with Gasteiger partial charge in [-0.1, -0.05) is 35.9 Å². The van der Waals surface area contributed by atoms with Gasteiger partial charge in [-0.05, 0) is 31.2 Å². The summed E-state index contributed by atoms with van der Waals surface area (Å²) in [6, 6.07) is 13.6. The molecule has 0 saturated carbocycles. The lowest BCUT2D eigenvalue weighted by Crippen LogP contribution is -2.48. The van der Waals surface area contributed by atoms with E-state index in [1.54, 1.807) is 12.1 Å². The van der Waals surface area contributed by atoms with Gasteiger partial charge in [0, 0.05) is 31.7 Å². The summed E-state index contributed by atoms with van der Waals surface area (Å²) in [4.78, 5) is 13.6. The SMILES string of the molecule is CC(=O)c1ccc(S(=O)(=O)N2CCN(c3ccccc3Cl)CC2)cc1. The molecule has 2 aromatic carbocycles. The van der Waals surface area contributed by atoms with Crippen LogP contribution in [0.15, 0.2) is 53.4 Å². The number of para-hydroxylation sites is 1. The summed E-state index contributed by atoms with van der Waals surface area (Å²) in [6.45, 7) is 3.39. The number of carbonyl (C=O) groups excluding carboxylic acids is 1. The fraction of sp³-hybridized carbons (Fsp3) is 0.278. The van der Waals surface area contributed by atoms with Crippen molar-refractivity contribution in [3.63, 3.8) is 0 Å². The van der Waals surface area contributed by atoms with E-state index in [0.717, 1.165) is 5.69 Å². The van der Waals surface area contributed by atoms with Crippen LogP contribution in [-0.2, 0) is 10.0 Å². The summed E-state index contributed by atoms with van der Waals surface area (Å²) in [5.41, 5.74) is 1.43. The van der Waals surface area contributed by atoms with E-state index >= 15 is 0 Å². The fourth-order valence-electron chi connectivity index (χ4n) is 2.89. The molecule has 0 aromatic heterocycles. The van der Waals surface area contributed by atoms with Crippen LogP contribution in [0.2, 0.25) is 5.02 Å². The number of sulfonamides is 1. The number of rotatable bonds is 4. The first-order chi connectivity index (χ1) is 11.9. The molecule has 5 nitrogen and oxygen atoms in total. The Bertz CT molecular complexity index is 873. The van der Waals surface area contributed by atoms with Crippen molar-refractivity contribution in [2.24, 2.45) is 0 Å². The van der Waals surface area contributed by atoms with Crippen LogP contribution in [0, 0.1) is 0 Å². The van der Waals surface area contributed by atoms with Crippen molar-refractivity contribution in [3.8, 4) is 0 Å². The van der Waals surface area contributed by atoms with Crippen molar-refractivity contribution in [1.82, 2.24) is 4.31 Å². The number of piperazine rings is 1. The van der Waals surface area contributed by atoms with Crippen LogP contribution in [0.5, 0.6) is 0 Å². The molecule has 1 aliphatic rings. The molecule has 25 heavy (non-hydrogen) atoms. The molecule has 3 rings (SSSR count). The van der Waals surface area contributed by atoms with Gasteiger partial charge in [0.05, 0.1) is 15.6 Å². The summed E-state index contributed by atoms with van der Waals surface area (Å²) < 4.78 is 27.0. The molecule has 0 bridgehead atoms. The highest BCUT2D eigenvalue weighted by molar-refractivity contribution is 7.89. The molecule has 7 heteroatoms.